The minimum absolute atomic E-state index is 0.158. The van der Waals surface area contributed by atoms with Crippen LogP contribution >= 0.6 is 23.2 Å². The van der Waals surface area contributed by atoms with E-state index in [2.05, 4.69) is 0 Å². The van der Waals surface area contributed by atoms with Crippen molar-refractivity contribution in [1.82, 2.24) is 0 Å². The van der Waals surface area contributed by atoms with Gasteiger partial charge in [-0.3, -0.25) is 9.59 Å². The molecule has 1 heterocycles. The Kier molecular flexibility index (Phi) is 3.55. The van der Waals surface area contributed by atoms with Crippen LogP contribution in [0.15, 0.2) is 12.1 Å². The molecule has 0 fully saturated rings. The second kappa shape index (κ2) is 4.97. The molecule has 0 unspecified atom stereocenters. The van der Waals surface area contributed by atoms with E-state index in [1.165, 1.54) is 11.0 Å². The van der Waals surface area contributed by atoms with Gasteiger partial charge in [0.05, 0.1) is 27.4 Å². The van der Waals surface area contributed by atoms with Crippen molar-refractivity contribution in [1.29, 1.82) is 5.26 Å². The van der Waals surface area contributed by atoms with Crippen LogP contribution in [-0.2, 0) is 4.79 Å². The van der Waals surface area contributed by atoms with Crippen LogP contribution in [0.4, 0.5) is 5.69 Å². The van der Waals surface area contributed by atoms with Crippen molar-refractivity contribution in [3.05, 3.63) is 27.7 Å². The minimum Gasteiger partial charge on any atom is -0.303 e. The topological polar surface area (TPSA) is 61.2 Å². The fourth-order valence-electron chi connectivity index (χ4n) is 1.88. The van der Waals surface area contributed by atoms with Crippen LogP contribution in [-0.4, -0.2) is 18.2 Å². The molecule has 0 aromatic heterocycles. The van der Waals surface area contributed by atoms with Crippen molar-refractivity contribution in [3.8, 4) is 6.07 Å². The molecule has 0 aliphatic carbocycles. The van der Waals surface area contributed by atoms with Crippen molar-refractivity contribution in [2.24, 2.45) is 0 Å². The molecule has 0 bridgehead atoms. The highest BCUT2D eigenvalue weighted by atomic mass is 35.5. The number of nitriles is 1. The highest BCUT2D eigenvalue weighted by molar-refractivity contribution is 6.56. The number of amides is 1. The third-order valence-electron chi connectivity index (χ3n) is 2.68. The molecule has 4 nitrogen and oxygen atoms in total. The molecule has 0 saturated carbocycles. The smallest absolute Gasteiger partial charge is 0.299 e. The second-order valence-electron chi connectivity index (χ2n) is 3.80. The summed E-state index contributed by atoms with van der Waals surface area (Å²) in [7, 11) is 0. The van der Waals surface area contributed by atoms with Crippen LogP contribution in [0, 0.1) is 11.3 Å². The number of rotatable bonds is 3. The Morgan fingerprint density at radius 3 is 2.56 bits per heavy atom. The van der Waals surface area contributed by atoms with Gasteiger partial charge in [0.1, 0.15) is 0 Å². The fraction of sp³-hybridized carbons (Fsp3) is 0.250. The van der Waals surface area contributed by atoms with E-state index in [1.54, 1.807) is 6.07 Å². The maximum absolute atomic E-state index is 11.8. The molecule has 1 aromatic carbocycles. The lowest BCUT2D eigenvalue weighted by Gasteiger charge is -2.16. The standard InChI is InChI=1S/C12H8Cl2N2O2/c13-7-3-4-8(14)10-9(7)11(17)12(18)16(10)6-2-1-5-15/h3-4H,1-2,6H2. The summed E-state index contributed by atoms with van der Waals surface area (Å²) in [4.78, 5) is 24.9. The number of ketones is 1. The molecule has 0 atom stereocenters. The normalized spacial score (nSPS) is 13.7. The van der Waals surface area contributed by atoms with E-state index in [4.69, 9.17) is 28.5 Å². The van der Waals surface area contributed by atoms with Gasteiger partial charge in [-0.05, 0) is 18.6 Å². The van der Waals surface area contributed by atoms with Gasteiger partial charge in [0.25, 0.3) is 11.7 Å². The Bertz CT molecular complexity index is 578. The van der Waals surface area contributed by atoms with Gasteiger partial charge in [0, 0.05) is 13.0 Å². The van der Waals surface area contributed by atoms with Crippen LogP contribution in [0.5, 0.6) is 0 Å². The van der Waals surface area contributed by atoms with Crippen molar-refractivity contribution in [2.75, 3.05) is 11.4 Å². The number of nitrogens with zero attached hydrogens (tertiary/aromatic N) is 2. The van der Waals surface area contributed by atoms with Gasteiger partial charge in [-0.2, -0.15) is 5.26 Å². The summed E-state index contributed by atoms with van der Waals surface area (Å²) in [6.45, 7) is 0.283. The first kappa shape index (κ1) is 12.9. The summed E-state index contributed by atoms with van der Waals surface area (Å²) in [5.41, 5.74) is 0.517. The number of carbonyl (C=O) groups excluding carboxylic acids is 2. The Morgan fingerprint density at radius 2 is 1.89 bits per heavy atom. The quantitative estimate of drug-likeness (QED) is 0.633. The summed E-state index contributed by atoms with van der Waals surface area (Å²) >= 11 is 11.9. The summed E-state index contributed by atoms with van der Waals surface area (Å²) in [6.07, 6.45) is 0.795. The molecule has 0 N–H and O–H groups in total. The predicted octanol–water partition coefficient (Wildman–Crippen LogP) is 2.83. The van der Waals surface area contributed by atoms with Crippen LogP contribution in [0.1, 0.15) is 23.2 Å². The zero-order chi connectivity index (χ0) is 13.3. The van der Waals surface area contributed by atoms with E-state index in [0.717, 1.165) is 0 Å². The highest BCUT2D eigenvalue weighted by Crippen LogP contribution is 2.39. The largest absolute Gasteiger partial charge is 0.303 e. The molecule has 6 heteroatoms. The molecular formula is C12H8Cl2N2O2. The van der Waals surface area contributed by atoms with Gasteiger partial charge in [0.2, 0.25) is 0 Å². The Hall–Kier alpha value is -1.57. The van der Waals surface area contributed by atoms with Crippen LogP contribution < -0.4 is 4.90 Å². The first-order valence-corrected chi connectivity index (χ1v) is 6.04. The summed E-state index contributed by atoms with van der Waals surface area (Å²) in [6, 6.07) is 5.03. The molecular weight excluding hydrogens is 275 g/mol. The van der Waals surface area contributed by atoms with Crippen molar-refractivity contribution in [3.63, 3.8) is 0 Å². The predicted molar refractivity (Wildman–Crippen MR) is 68.0 cm³/mol. The van der Waals surface area contributed by atoms with Gasteiger partial charge in [0.15, 0.2) is 0 Å². The molecule has 18 heavy (non-hydrogen) atoms. The van der Waals surface area contributed by atoms with E-state index in [-0.39, 0.29) is 17.1 Å². The molecule has 0 saturated heterocycles. The number of carbonyl (C=O) groups is 2. The Morgan fingerprint density at radius 1 is 1.22 bits per heavy atom. The van der Waals surface area contributed by atoms with Gasteiger partial charge >= 0.3 is 0 Å². The van der Waals surface area contributed by atoms with Crippen LogP contribution in [0.3, 0.4) is 0 Å². The average Bonchev–Trinajstić information content (AvgIpc) is 2.60. The maximum atomic E-state index is 11.8. The number of unbranched alkanes of at least 4 members (excludes halogenated alkanes) is 1. The molecule has 0 spiro atoms. The third kappa shape index (κ3) is 1.96. The zero-order valence-corrected chi connectivity index (χ0v) is 10.8. The summed E-state index contributed by atoms with van der Waals surface area (Å²) in [5.74, 6) is -1.28. The number of Topliss-reactive ketones (excluding diaryl/α,β-unsaturated/α-hetero) is 1. The van der Waals surface area contributed by atoms with E-state index in [0.29, 0.717) is 23.6 Å². The average molecular weight is 283 g/mol. The lowest BCUT2D eigenvalue weighted by molar-refractivity contribution is -0.114. The van der Waals surface area contributed by atoms with E-state index in [1.807, 2.05) is 6.07 Å². The molecule has 1 amide bonds. The van der Waals surface area contributed by atoms with Gasteiger partial charge in [-0.25, -0.2) is 0 Å². The van der Waals surface area contributed by atoms with E-state index < -0.39 is 11.7 Å². The van der Waals surface area contributed by atoms with Crippen molar-refractivity contribution < 1.29 is 9.59 Å². The number of benzene rings is 1. The van der Waals surface area contributed by atoms with E-state index in [9.17, 15) is 9.59 Å². The number of halogens is 2. The molecule has 1 aliphatic rings. The lowest BCUT2D eigenvalue weighted by atomic mass is 10.1. The summed E-state index contributed by atoms with van der Waals surface area (Å²) < 4.78 is 0. The first-order valence-electron chi connectivity index (χ1n) is 5.29. The second-order valence-corrected chi connectivity index (χ2v) is 4.61. The van der Waals surface area contributed by atoms with Crippen LogP contribution in [0.25, 0.3) is 0 Å². The van der Waals surface area contributed by atoms with Crippen LogP contribution in [0.2, 0.25) is 10.0 Å². The fourth-order valence-corrected chi connectivity index (χ4v) is 2.38. The number of hydrogen-bond acceptors (Lipinski definition) is 3. The molecule has 92 valence electrons. The van der Waals surface area contributed by atoms with Gasteiger partial charge in [-0.15, -0.1) is 0 Å². The number of fused-ring (bicyclic) bond motifs is 1. The molecule has 2 rings (SSSR count). The minimum atomic E-state index is -0.644. The van der Waals surface area contributed by atoms with Gasteiger partial charge in [-0.1, -0.05) is 23.2 Å². The Balaban J connectivity index is 2.42. The molecule has 0 radical (unpaired) electrons. The first-order chi connectivity index (χ1) is 8.57. The molecule has 1 aliphatic heterocycles. The number of anilines is 1. The summed E-state index contributed by atoms with van der Waals surface area (Å²) in [5, 5.41) is 9.01. The van der Waals surface area contributed by atoms with Crippen molar-refractivity contribution >= 4 is 40.6 Å². The SMILES string of the molecule is N#CCCCN1C(=O)C(=O)c2c(Cl)ccc(Cl)c21. The lowest BCUT2D eigenvalue weighted by Crippen LogP contribution is -2.30. The maximum Gasteiger partial charge on any atom is 0.299 e. The monoisotopic (exact) mass is 282 g/mol. The highest BCUT2D eigenvalue weighted by Gasteiger charge is 2.38. The third-order valence-corrected chi connectivity index (χ3v) is 3.30. The van der Waals surface area contributed by atoms with Crippen molar-refractivity contribution in [2.45, 2.75) is 12.8 Å². The molecule has 1 aromatic rings. The Labute approximate surface area is 114 Å². The van der Waals surface area contributed by atoms with Gasteiger partial charge < -0.3 is 4.90 Å². The number of hydrogen-bond donors (Lipinski definition) is 0. The van der Waals surface area contributed by atoms with E-state index >= 15 is 0 Å². The zero-order valence-electron chi connectivity index (χ0n) is 9.24.